The normalized spacial score (nSPS) is 12.2. The SMILES string of the molecule is Cc1cc(C(=O)NC(C)c2nc(-c3ccccn3)no2)c(C)n1C. The van der Waals surface area contributed by atoms with E-state index in [1.807, 2.05) is 43.7 Å². The monoisotopic (exact) mass is 325 g/mol. The van der Waals surface area contributed by atoms with Crippen molar-refractivity contribution >= 4 is 5.91 Å². The van der Waals surface area contributed by atoms with Gasteiger partial charge in [-0.05, 0) is 39.0 Å². The first-order valence-electron chi connectivity index (χ1n) is 7.66. The van der Waals surface area contributed by atoms with Gasteiger partial charge in [0.25, 0.3) is 5.91 Å². The minimum absolute atomic E-state index is 0.165. The number of pyridine rings is 1. The molecule has 3 heterocycles. The standard InChI is InChI=1S/C17H19N5O2/c1-10-9-13(12(3)22(10)4)16(23)19-11(2)17-20-15(21-24-17)14-7-5-6-8-18-14/h5-9,11H,1-4H3,(H,19,23). The van der Waals surface area contributed by atoms with Crippen molar-refractivity contribution in [3.8, 4) is 11.5 Å². The van der Waals surface area contributed by atoms with Gasteiger partial charge in [0.15, 0.2) is 0 Å². The van der Waals surface area contributed by atoms with E-state index in [0.717, 1.165) is 11.4 Å². The Labute approximate surface area is 139 Å². The van der Waals surface area contributed by atoms with Crippen molar-refractivity contribution in [2.24, 2.45) is 7.05 Å². The van der Waals surface area contributed by atoms with Crippen molar-refractivity contribution in [2.45, 2.75) is 26.8 Å². The number of amides is 1. The van der Waals surface area contributed by atoms with Crippen molar-refractivity contribution in [1.82, 2.24) is 25.0 Å². The molecule has 0 aliphatic carbocycles. The third-order valence-electron chi connectivity index (χ3n) is 4.07. The molecule has 0 aliphatic rings. The molecule has 0 spiro atoms. The first kappa shape index (κ1) is 15.9. The zero-order chi connectivity index (χ0) is 17.3. The van der Waals surface area contributed by atoms with E-state index in [9.17, 15) is 4.79 Å². The van der Waals surface area contributed by atoms with Crippen LogP contribution in [0.25, 0.3) is 11.5 Å². The molecule has 1 atom stereocenters. The highest BCUT2D eigenvalue weighted by Gasteiger charge is 2.20. The number of nitrogens with zero attached hydrogens (tertiary/aromatic N) is 4. The highest BCUT2D eigenvalue weighted by atomic mass is 16.5. The van der Waals surface area contributed by atoms with Crippen LogP contribution in [0.5, 0.6) is 0 Å². The highest BCUT2D eigenvalue weighted by Crippen LogP contribution is 2.18. The van der Waals surface area contributed by atoms with Crippen molar-refractivity contribution in [3.05, 3.63) is 53.3 Å². The van der Waals surface area contributed by atoms with Crippen LogP contribution in [0, 0.1) is 13.8 Å². The summed E-state index contributed by atoms with van der Waals surface area (Å²) < 4.78 is 7.23. The van der Waals surface area contributed by atoms with Gasteiger partial charge in [0.2, 0.25) is 11.7 Å². The lowest BCUT2D eigenvalue weighted by molar-refractivity contribution is 0.0932. The zero-order valence-electron chi connectivity index (χ0n) is 14.1. The smallest absolute Gasteiger partial charge is 0.253 e. The lowest BCUT2D eigenvalue weighted by atomic mass is 10.2. The number of nitrogens with one attached hydrogen (secondary N) is 1. The molecule has 124 valence electrons. The van der Waals surface area contributed by atoms with Gasteiger partial charge in [0.1, 0.15) is 11.7 Å². The van der Waals surface area contributed by atoms with Gasteiger partial charge < -0.3 is 14.4 Å². The topological polar surface area (TPSA) is 85.8 Å². The number of hydrogen-bond acceptors (Lipinski definition) is 5. The van der Waals surface area contributed by atoms with Crippen molar-refractivity contribution in [3.63, 3.8) is 0 Å². The van der Waals surface area contributed by atoms with Crippen LogP contribution in [-0.4, -0.2) is 25.6 Å². The molecule has 0 radical (unpaired) electrons. The Hall–Kier alpha value is -2.96. The fraction of sp³-hybridized carbons (Fsp3) is 0.294. The van der Waals surface area contributed by atoms with E-state index in [-0.39, 0.29) is 5.91 Å². The summed E-state index contributed by atoms with van der Waals surface area (Å²) in [6, 6.07) is 6.93. The molecule has 0 bridgehead atoms. The van der Waals surface area contributed by atoms with Crippen LogP contribution < -0.4 is 5.32 Å². The first-order chi connectivity index (χ1) is 11.5. The molecule has 0 aromatic carbocycles. The fourth-order valence-corrected chi connectivity index (χ4v) is 2.43. The van der Waals surface area contributed by atoms with Crippen molar-refractivity contribution in [2.75, 3.05) is 0 Å². The molecule has 1 N–H and O–H groups in total. The predicted molar refractivity (Wildman–Crippen MR) is 88.3 cm³/mol. The van der Waals surface area contributed by atoms with Gasteiger partial charge >= 0.3 is 0 Å². The van der Waals surface area contributed by atoms with Gasteiger partial charge in [-0.3, -0.25) is 9.78 Å². The van der Waals surface area contributed by atoms with Crippen LogP contribution in [-0.2, 0) is 7.05 Å². The highest BCUT2D eigenvalue weighted by molar-refractivity contribution is 5.95. The van der Waals surface area contributed by atoms with Crippen LogP contribution >= 0.6 is 0 Å². The predicted octanol–water partition coefficient (Wildman–Crippen LogP) is 2.58. The third kappa shape index (κ3) is 2.92. The summed E-state index contributed by atoms with van der Waals surface area (Å²) in [5.41, 5.74) is 3.21. The van der Waals surface area contributed by atoms with E-state index in [0.29, 0.717) is 23.0 Å². The average molecular weight is 325 g/mol. The summed E-state index contributed by atoms with van der Waals surface area (Å²) in [6.07, 6.45) is 1.66. The number of carbonyl (C=O) groups is 1. The maximum atomic E-state index is 12.5. The Balaban J connectivity index is 1.75. The molecule has 1 unspecified atom stereocenters. The Bertz CT molecular complexity index is 866. The average Bonchev–Trinajstić information content (AvgIpc) is 3.17. The molecule has 0 saturated heterocycles. The molecular weight excluding hydrogens is 306 g/mol. The second-order valence-corrected chi connectivity index (χ2v) is 5.71. The van der Waals surface area contributed by atoms with Gasteiger partial charge in [0, 0.05) is 24.6 Å². The molecule has 0 saturated carbocycles. The first-order valence-corrected chi connectivity index (χ1v) is 7.66. The summed E-state index contributed by atoms with van der Waals surface area (Å²) in [6.45, 7) is 5.68. The molecule has 1 amide bonds. The second-order valence-electron chi connectivity index (χ2n) is 5.71. The molecule has 0 fully saturated rings. The van der Waals surface area contributed by atoms with Gasteiger partial charge in [-0.25, -0.2) is 0 Å². The molecule has 7 heteroatoms. The van der Waals surface area contributed by atoms with Crippen LogP contribution in [0.3, 0.4) is 0 Å². The largest absolute Gasteiger partial charge is 0.351 e. The van der Waals surface area contributed by atoms with Crippen molar-refractivity contribution < 1.29 is 9.32 Å². The summed E-state index contributed by atoms with van der Waals surface area (Å²) in [4.78, 5) is 21.0. The van der Waals surface area contributed by atoms with E-state index in [1.165, 1.54) is 0 Å². The van der Waals surface area contributed by atoms with Gasteiger partial charge in [-0.15, -0.1) is 0 Å². The molecule has 3 aromatic rings. The number of carbonyl (C=O) groups excluding carboxylic acids is 1. The lowest BCUT2D eigenvalue weighted by Crippen LogP contribution is -2.27. The van der Waals surface area contributed by atoms with Crippen LogP contribution in [0.1, 0.15) is 40.6 Å². The number of aryl methyl sites for hydroxylation is 1. The van der Waals surface area contributed by atoms with Gasteiger partial charge in [-0.2, -0.15) is 4.98 Å². The van der Waals surface area contributed by atoms with E-state index < -0.39 is 6.04 Å². The summed E-state index contributed by atoms with van der Waals surface area (Å²) in [5, 5.41) is 6.81. The number of hydrogen-bond donors (Lipinski definition) is 1. The summed E-state index contributed by atoms with van der Waals surface area (Å²) in [7, 11) is 1.93. The van der Waals surface area contributed by atoms with Crippen LogP contribution in [0.4, 0.5) is 0 Å². The second kappa shape index (κ2) is 6.27. The van der Waals surface area contributed by atoms with E-state index in [2.05, 4.69) is 20.4 Å². The van der Waals surface area contributed by atoms with E-state index in [1.54, 1.807) is 19.2 Å². The molecular formula is C17H19N5O2. The lowest BCUT2D eigenvalue weighted by Gasteiger charge is -2.09. The molecule has 24 heavy (non-hydrogen) atoms. The zero-order valence-corrected chi connectivity index (χ0v) is 14.1. The quantitative estimate of drug-likeness (QED) is 0.797. The van der Waals surface area contributed by atoms with Crippen LogP contribution in [0.15, 0.2) is 35.0 Å². The number of rotatable bonds is 4. The van der Waals surface area contributed by atoms with Gasteiger partial charge in [-0.1, -0.05) is 11.2 Å². The summed E-state index contributed by atoms with van der Waals surface area (Å²) in [5.74, 6) is 0.578. The fourth-order valence-electron chi connectivity index (χ4n) is 2.43. The third-order valence-corrected chi connectivity index (χ3v) is 4.07. The van der Waals surface area contributed by atoms with Crippen LogP contribution in [0.2, 0.25) is 0 Å². The maximum absolute atomic E-state index is 12.5. The molecule has 7 nitrogen and oxygen atoms in total. The maximum Gasteiger partial charge on any atom is 0.253 e. The minimum atomic E-state index is -0.401. The number of aromatic nitrogens is 4. The Morgan fingerprint density at radius 3 is 2.75 bits per heavy atom. The van der Waals surface area contributed by atoms with E-state index in [4.69, 9.17) is 4.52 Å². The minimum Gasteiger partial charge on any atom is -0.351 e. The molecule has 0 aliphatic heterocycles. The Morgan fingerprint density at radius 1 is 1.33 bits per heavy atom. The Morgan fingerprint density at radius 2 is 2.12 bits per heavy atom. The summed E-state index contributed by atoms with van der Waals surface area (Å²) >= 11 is 0. The Kier molecular flexibility index (Phi) is 4.16. The van der Waals surface area contributed by atoms with Crippen molar-refractivity contribution in [1.29, 1.82) is 0 Å². The molecule has 3 rings (SSSR count). The van der Waals surface area contributed by atoms with Gasteiger partial charge in [0.05, 0.1) is 5.56 Å². The molecule has 3 aromatic heterocycles. The van der Waals surface area contributed by atoms with E-state index >= 15 is 0 Å².